The quantitative estimate of drug-likeness (QED) is 0.0771. The van der Waals surface area contributed by atoms with Gasteiger partial charge in [-0.3, -0.25) is 4.79 Å². The molecule has 216 valence electrons. The lowest BCUT2D eigenvalue weighted by Crippen LogP contribution is -2.36. The minimum Gasteiger partial charge on any atom is -0.469 e. The second kappa shape index (κ2) is 27.4. The van der Waals surface area contributed by atoms with Crippen LogP contribution >= 0.6 is 0 Å². The van der Waals surface area contributed by atoms with Crippen molar-refractivity contribution in [1.82, 2.24) is 0 Å². The van der Waals surface area contributed by atoms with Gasteiger partial charge in [-0.1, -0.05) is 98.3 Å². The molecule has 5 heteroatoms. The molecule has 0 fully saturated rings. The Morgan fingerprint density at radius 1 is 0.556 bits per heavy atom. The van der Waals surface area contributed by atoms with E-state index in [-0.39, 0.29) is 24.3 Å². The Morgan fingerprint density at radius 3 is 1.67 bits per heavy atom. The molecule has 3 unspecified atom stereocenters. The van der Waals surface area contributed by atoms with E-state index in [9.17, 15) is 4.79 Å². The van der Waals surface area contributed by atoms with Crippen LogP contribution in [0.5, 0.6) is 0 Å². The molecule has 0 aromatic rings. The molecule has 0 heterocycles. The van der Waals surface area contributed by atoms with Gasteiger partial charge in [0.2, 0.25) is 0 Å². The molecule has 36 heavy (non-hydrogen) atoms. The van der Waals surface area contributed by atoms with Gasteiger partial charge in [0, 0.05) is 32.7 Å². The summed E-state index contributed by atoms with van der Waals surface area (Å²) in [4.78, 5) is 11.3. The van der Waals surface area contributed by atoms with E-state index in [4.69, 9.17) is 18.9 Å². The van der Waals surface area contributed by atoms with Gasteiger partial charge in [-0.25, -0.2) is 0 Å². The van der Waals surface area contributed by atoms with E-state index in [1.165, 1.54) is 45.6 Å². The summed E-state index contributed by atoms with van der Waals surface area (Å²) in [5.41, 5.74) is 0. The third-order valence-electron chi connectivity index (χ3n) is 6.90. The van der Waals surface area contributed by atoms with Crippen molar-refractivity contribution in [1.29, 1.82) is 0 Å². The fourth-order valence-electron chi connectivity index (χ4n) is 4.43. The lowest BCUT2D eigenvalue weighted by Gasteiger charge is -2.31. The van der Waals surface area contributed by atoms with Gasteiger partial charge in [0.05, 0.1) is 25.4 Å². The zero-order chi connectivity index (χ0) is 26.7. The number of carbonyl (C=O) groups is 1. The monoisotopic (exact) mass is 514 g/mol. The molecule has 0 aromatic carbocycles. The van der Waals surface area contributed by atoms with Crippen molar-refractivity contribution in [3.63, 3.8) is 0 Å². The Balaban J connectivity index is 5.01. The molecule has 0 radical (unpaired) electrons. The smallest absolute Gasteiger partial charge is 0.305 e. The van der Waals surface area contributed by atoms with Gasteiger partial charge in [-0.2, -0.15) is 0 Å². The average molecular weight is 515 g/mol. The van der Waals surface area contributed by atoms with Gasteiger partial charge in [-0.05, 0) is 38.5 Å². The maximum atomic E-state index is 11.3. The van der Waals surface area contributed by atoms with E-state index in [0.717, 1.165) is 96.9 Å². The molecule has 5 nitrogen and oxygen atoms in total. The number of unbranched alkanes of at least 4 members (excludes halogenated alkanes) is 10. The molecule has 0 amide bonds. The first-order valence-electron chi connectivity index (χ1n) is 15.5. The predicted octanol–water partition coefficient (Wildman–Crippen LogP) is 8.81. The van der Waals surface area contributed by atoms with Gasteiger partial charge >= 0.3 is 5.97 Å². The lowest BCUT2D eigenvalue weighted by molar-refractivity contribution is -0.140. The molecule has 0 aliphatic rings. The van der Waals surface area contributed by atoms with Crippen molar-refractivity contribution in [2.45, 2.75) is 168 Å². The number of rotatable bonds is 28. The SMILES string of the molecule is CCCCCCC(CC(OCCCC)C(CCCCCCCC(=O)OC)OCCCC)OCCCC. The first kappa shape index (κ1) is 35.4. The topological polar surface area (TPSA) is 54.0 Å². The number of ether oxygens (including phenoxy) is 4. The maximum Gasteiger partial charge on any atom is 0.305 e. The van der Waals surface area contributed by atoms with Gasteiger partial charge in [-0.15, -0.1) is 0 Å². The number of esters is 1. The van der Waals surface area contributed by atoms with E-state index >= 15 is 0 Å². The first-order chi connectivity index (χ1) is 17.6. The number of carbonyl (C=O) groups excluding carboxylic acids is 1. The van der Waals surface area contributed by atoms with Crippen LogP contribution in [0, 0.1) is 0 Å². The molecule has 0 aliphatic heterocycles. The molecule has 0 aromatic heterocycles. The van der Waals surface area contributed by atoms with Crippen LogP contribution < -0.4 is 0 Å². The summed E-state index contributed by atoms with van der Waals surface area (Å²) in [6.45, 7) is 11.4. The summed E-state index contributed by atoms with van der Waals surface area (Å²) < 4.78 is 24.1. The molecule has 0 bridgehead atoms. The molecular formula is C31H62O5. The summed E-state index contributed by atoms with van der Waals surface area (Å²) >= 11 is 0. The van der Waals surface area contributed by atoms with E-state index in [1.54, 1.807) is 0 Å². The molecule has 3 atom stereocenters. The number of hydrogen-bond donors (Lipinski definition) is 0. The van der Waals surface area contributed by atoms with Crippen molar-refractivity contribution in [2.75, 3.05) is 26.9 Å². The van der Waals surface area contributed by atoms with Crippen LogP contribution in [0.15, 0.2) is 0 Å². The van der Waals surface area contributed by atoms with Crippen molar-refractivity contribution in [3.8, 4) is 0 Å². The molecule has 0 saturated carbocycles. The Morgan fingerprint density at radius 2 is 1.06 bits per heavy atom. The largest absolute Gasteiger partial charge is 0.469 e. The second-order valence-electron chi connectivity index (χ2n) is 10.3. The van der Waals surface area contributed by atoms with Crippen LogP contribution in [0.2, 0.25) is 0 Å². The van der Waals surface area contributed by atoms with Crippen LogP contribution in [0.25, 0.3) is 0 Å². The van der Waals surface area contributed by atoms with E-state index in [0.29, 0.717) is 6.42 Å². The Bertz CT molecular complexity index is 456. The maximum absolute atomic E-state index is 11.3. The van der Waals surface area contributed by atoms with Crippen LogP contribution in [0.4, 0.5) is 0 Å². The van der Waals surface area contributed by atoms with Gasteiger partial charge < -0.3 is 18.9 Å². The average Bonchev–Trinajstić information content (AvgIpc) is 2.88. The van der Waals surface area contributed by atoms with Crippen LogP contribution in [-0.2, 0) is 23.7 Å². The third kappa shape index (κ3) is 21.4. The summed E-state index contributed by atoms with van der Waals surface area (Å²) in [6, 6.07) is 0. The molecule has 0 rings (SSSR count). The minimum absolute atomic E-state index is 0.100. The fraction of sp³-hybridized carbons (Fsp3) is 0.968. The van der Waals surface area contributed by atoms with Crippen molar-refractivity contribution in [3.05, 3.63) is 0 Å². The Kier molecular flexibility index (Phi) is 26.9. The summed E-state index contributed by atoms with van der Waals surface area (Å²) in [7, 11) is 1.46. The van der Waals surface area contributed by atoms with Crippen molar-refractivity contribution in [2.24, 2.45) is 0 Å². The van der Waals surface area contributed by atoms with E-state index in [2.05, 4.69) is 27.7 Å². The first-order valence-corrected chi connectivity index (χ1v) is 15.5. The van der Waals surface area contributed by atoms with Gasteiger partial charge in [0.25, 0.3) is 0 Å². The number of methoxy groups -OCH3 is 1. The molecule has 0 N–H and O–H groups in total. The molecule has 0 saturated heterocycles. The molecule has 0 spiro atoms. The Labute approximate surface area is 224 Å². The standard InChI is InChI=1S/C31H62O5/c1-6-10-14-18-21-28(34-24-11-7-2)27-30(36-26-13-9-4)29(35-25-12-8-3)22-19-16-15-17-20-23-31(32)33-5/h28-30H,6-27H2,1-5H3. The van der Waals surface area contributed by atoms with Crippen LogP contribution in [-0.4, -0.2) is 51.2 Å². The highest BCUT2D eigenvalue weighted by Crippen LogP contribution is 2.23. The zero-order valence-corrected chi connectivity index (χ0v) is 24.8. The third-order valence-corrected chi connectivity index (χ3v) is 6.90. The predicted molar refractivity (Wildman–Crippen MR) is 152 cm³/mol. The summed E-state index contributed by atoms with van der Waals surface area (Å²) in [5, 5.41) is 0. The highest BCUT2D eigenvalue weighted by Gasteiger charge is 2.26. The molecular weight excluding hydrogens is 452 g/mol. The fourth-order valence-corrected chi connectivity index (χ4v) is 4.43. The summed E-state index contributed by atoms with van der Waals surface area (Å²) in [6.07, 6.45) is 21.5. The Hall–Kier alpha value is -0.650. The summed E-state index contributed by atoms with van der Waals surface area (Å²) in [5.74, 6) is -0.100. The normalized spacial score (nSPS) is 14.0. The zero-order valence-electron chi connectivity index (χ0n) is 24.8. The number of hydrogen-bond acceptors (Lipinski definition) is 5. The van der Waals surface area contributed by atoms with Gasteiger partial charge in [0.15, 0.2) is 0 Å². The van der Waals surface area contributed by atoms with Crippen molar-refractivity contribution >= 4 is 5.97 Å². The van der Waals surface area contributed by atoms with Gasteiger partial charge in [0.1, 0.15) is 0 Å². The highest BCUT2D eigenvalue weighted by atomic mass is 16.5. The van der Waals surface area contributed by atoms with Crippen LogP contribution in [0.3, 0.4) is 0 Å². The second-order valence-corrected chi connectivity index (χ2v) is 10.3. The minimum atomic E-state index is -0.100. The van der Waals surface area contributed by atoms with Crippen molar-refractivity contribution < 1.29 is 23.7 Å². The van der Waals surface area contributed by atoms with E-state index < -0.39 is 0 Å². The van der Waals surface area contributed by atoms with Crippen LogP contribution in [0.1, 0.15) is 150 Å². The highest BCUT2D eigenvalue weighted by molar-refractivity contribution is 5.68. The van der Waals surface area contributed by atoms with E-state index in [1.807, 2.05) is 0 Å². The molecule has 0 aliphatic carbocycles. The lowest BCUT2D eigenvalue weighted by atomic mass is 9.97.